The number of ether oxygens (including phenoxy) is 2. The number of hydrogen-bond acceptors (Lipinski definition) is 3. The van der Waals surface area contributed by atoms with E-state index in [4.69, 9.17) is 15.2 Å². The monoisotopic (exact) mass is 283 g/mol. The van der Waals surface area contributed by atoms with Gasteiger partial charge in [-0.15, -0.1) is 0 Å². The molecule has 0 aromatic heterocycles. The van der Waals surface area contributed by atoms with Crippen molar-refractivity contribution >= 4 is 0 Å². The summed E-state index contributed by atoms with van der Waals surface area (Å²) in [6.07, 6.45) is 3.56. The number of fused-ring (bicyclic) bond motifs is 1. The molecule has 0 spiro atoms. The first-order chi connectivity index (χ1) is 10.2. The van der Waals surface area contributed by atoms with E-state index in [9.17, 15) is 0 Å². The lowest BCUT2D eigenvalue weighted by molar-refractivity contribution is 0.397. The maximum atomic E-state index is 6.08. The molecule has 0 saturated heterocycles. The third kappa shape index (κ3) is 2.74. The standard InChI is InChI=1S/C18H21NO2/c1-12(19)18-16(20-2)7-4-8-17(18)21-15-10-9-13-5-3-6-14(13)11-15/h4,7-12H,3,5-6,19H2,1-2H3. The Morgan fingerprint density at radius 1 is 1.05 bits per heavy atom. The quantitative estimate of drug-likeness (QED) is 0.922. The third-order valence-electron chi connectivity index (χ3n) is 4.00. The molecule has 1 aliphatic rings. The summed E-state index contributed by atoms with van der Waals surface area (Å²) >= 11 is 0. The molecule has 1 aliphatic carbocycles. The van der Waals surface area contributed by atoms with Gasteiger partial charge in [0, 0.05) is 6.04 Å². The summed E-state index contributed by atoms with van der Waals surface area (Å²) in [6, 6.07) is 12.0. The van der Waals surface area contributed by atoms with Gasteiger partial charge in [-0.05, 0) is 61.6 Å². The number of methoxy groups -OCH3 is 1. The summed E-state index contributed by atoms with van der Waals surface area (Å²) < 4.78 is 11.5. The number of benzene rings is 2. The van der Waals surface area contributed by atoms with Crippen LogP contribution in [0.5, 0.6) is 17.2 Å². The van der Waals surface area contributed by atoms with E-state index in [0.29, 0.717) is 0 Å². The largest absolute Gasteiger partial charge is 0.496 e. The van der Waals surface area contributed by atoms with E-state index in [-0.39, 0.29) is 6.04 Å². The van der Waals surface area contributed by atoms with Gasteiger partial charge in [-0.2, -0.15) is 0 Å². The molecule has 0 fully saturated rings. The number of nitrogens with two attached hydrogens (primary N) is 1. The van der Waals surface area contributed by atoms with Gasteiger partial charge < -0.3 is 15.2 Å². The fourth-order valence-electron chi connectivity index (χ4n) is 2.98. The number of rotatable bonds is 4. The van der Waals surface area contributed by atoms with E-state index < -0.39 is 0 Å². The zero-order valence-corrected chi connectivity index (χ0v) is 12.6. The zero-order chi connectivity index (χ0) is 14.8. The SMILES string of the molecule is COc1cccc(Oc2ccc3c(c2)CCC3)c1C(C)N. The van der Waals surface area contributed by atoms with Crippen molar-refractivity contribution in [3.05, 3.63) is 53.1 Å². The molecule has 2 aromatic carbocycles. The molecule has 0 amide bonds. The van der Waals surface area contributed by atoms with E-state index in [0.717, 1.165) is 29.2 Å². The van der Waals surface area contributed by atoms with E-state index in [2.05, 4.69) is 12.1 Å². The van der Waals surface area contributed by atoms with Crippen molar-refractivity contribution in [2.45, 2.75) is 32.2 Å². The van der Waals surface area contributed by atoms with Crippen molar-refractivity contribution in [3.63, 3.8) is 0 Å². The molecule has 2 aromatic rings. The first-order valence-corrected chi connectivity index (χ1v) is 7.41. The summed E-state index contributed by atoms with van der Waals surface area (Å²) in [6.45, 7) is 1.94. The molecule has 110 valence electrons. The Morgan fingerprint density at radius 3 is 2.57 bits per heavy atom. The molecule has 0 heterocycles. The van der Waals surface area contributed by atoms with Crippen molar-refractivity contribution in [2.75, 3.05) is 7.11 Å². The molecule has 1 unspecified atom stereocenters. The second-order valence-electron chi connectivity index (χ2n) is 5.55. The minimum Gasteiger partial charge on any atom is -0.496 e. The molecule has 1 atom stereocenters. The van der Waals surface area contributed by atoms with Crippen LogP contribution >= 0.6 is 0 Å². The average Bonchev–Trinajstić information content (AvgIpc) is 2.94. The summed E-state index contributed by atoms with van der Waals surface area (Å²) in [5.74, 6) is 2.40. The van der Waals surface area contributed by atoms with E-state index in [1.165, 1.54) is 24.0 Å². The van der Waals surface area contributed by atoms with Crippen molar-refractivity contribution < 1.29 is 9.47 Å². The van der Waals surface area contributed by atoms with E-state index >= 15 is 0 Å². The Hall–Kier alpha value is -2.00. The van der Waals surface area contributed by atoms with Crippen LogP contribution in [0.1, 0.15) is 36.1 Å². The molecule has 21 heavy (non-hydrogen) atoms. The Labute approximate surface area is 125 Å². The molecule has 0 bridgehead atoms. The van der Waals surface area contributed by atoms with Gasteiger partial charge in [-0.3, -0.25) is 0 Å². The van der Waals surface area contributed by atoms with Crippen LogP contribution in [-0.2, 0) is 12.8 Å². The lowest BCUT2D eigenvalue weighted by atomic mass is 10.1. The zero-order valence-electron chi connectivity index (χ0n) is 12.6. The van der Waals surface area contributed by atoms with Gasteiger partial charge in [0.25, 0.3) is 0 Å². The highest BCUT2D eigenvalue weighted by atomic mass is 16.5. The van der Waals surface area contributed by atoms with Gasteiger partial charge in [0.05, 0.1) is 12.7 Å². The molecular formula is C18H21NO2. The molecule has 2 N–H and O–H groups in total. The van der Waals surface area contributed by atoms with E-state index in [1.807, 2.05) is 31.2 Å². The van der Waals surface area contributed by atoms with Crippen LogP contribution in [0.2, 0.25) is 0 Å². The summed E-state index contributed by atoms with van der Waals surface area (Å²) in [5.41, 5.74) is 9.82. The van der Waals surface area contributed by atoms with Crippen molar-refractivity contribution in [1.82, 2.24) is 0 Å². The topological polar surface area (TPSA) is 44.5 Å². The van der Waals surface area contributed by atoms with Crippen LogP contribution in [0.25, 0.3) is 0 Å². The highest BCUT2D eigenvalue weighted by Crippen LogP contribution is 2.36. The van der Waals surface area contributed by atoms with Crippen molar-refractivity contribution in [2.24, 2.45) is 5.73 Å². The Kier molecular flexibility index (Phi) is 3.84. The maximum absolute atomic E-state index is 6.08. The number of aryl methyl sites for hydroxylation is 2. The van der Waals surface area contributed by atoms with Crippen molar-refractivity contribution in [3.8, 4) is 17.2 Å². The first kappa shape index (κ1) is 14.0. The van der Waals surface area contributed by atoms with Crippen LogP contribution in [-0.4, -0.2) is 7.11 Å². The molecule has 0 aliphatic heterocycles. The summed E-state index contributed by atoms with van der Waals surface area (Å²) in [4.78, 5) is 0. The fourth-order valence-corrected chi connectivity index (χ4v) is 2.98. The highest BCUT2D eigenvalue weighted by molar-refractivity contribution is 5.49. The van der Waals surface area contributed by atoms with Gasteiger partial charge in [-0.25, -0.2) is 0 Å². The van der Waals surface area contributed by atoms with Crippen LogP contribution < -0.4 is 15.2 Å². The second kappa shape index (κ2) is 5.78. The van der Waals surface area contributed by atoms with Crippen LogP contribution in [0, 0.1) is 0 Å². The molecule has 3 heteroatoms. The molecule has 0 radical (unpaired) electrons. The predicted molar refractivity (Wildman–Crippen MR) is 84.1 cm³/mol. The molecule has 0 saturated carbocycles. The highest BCUT2D eigenvalue weighted by Gasteiger charge is 2.16. The second-order valence-corrected chi connectivity index (χ2v) is 5.55. The van der Waals surface area contributed by atoms with Gasteiger partial charge in [0.2, 0.25) is 0 Å². The minimum atomic E-state index is -0.148. The molecule has 3 nitrogen and oxygen atoms in total. The Morgan fingerprint density at radius 2 is 1.81 bits per heavy atom. The summed E-state index contributed by atoms with van der Waals surface area (Å²) in [7, 11) is 1.65. The predicted octanol–water partition coefficient (Wildman–Crippen LogP) is 4.00. The normalized spacial score (nSPS) is 14.6. The smallest absolute Gasteiger partial charge is 0.135 e. The molecular weight excluding hydrogens is 262 g/mol. The Bertz CT molecular complexity index is 650. The van der Waals surface area contributed by atoms with Crippen molar-refractivity contribution in [1.29, 1.82) is 0 Å². The van der Waals surface area contributed by atoms with Crippen LogP contribution in [0.3, 0.4) is 0 Å². The minimum absolute atomic E-state index is 0.148. The van der Waals surface area contributed by atoms with E-state index in [1.54, 1.807) is 7.11 Å². The van der Waals surface area contributed by atoms with Crippen LogP contribution in [0.4, 0.5) is 0 Å². The third-order valence-corrected chi connectivity index (χ3v) is 4.00. The van der Waals surface area contributed by atoms with Gasteiger partial charge in [0.1, 0.15) is 17.2 Å². The maximum Gasteiger partial charge on any atom is 0.135 e. The van der Waals surface area contributed by atoms with Gasteiger partial charge in [-0.1, -0.05) is 12.1 Å². The fraction of sp³-hybridized carbons (Fsp3) is 0.333. The average molecular weight is 283 g/mol. The first-order valence-electron chi connectivity index (χ1n) is 7.41. The summed E-state index contributed by atoms with van der Waals surface area (Å²) in [5, 5.41) is 0. The van der Waals surface area contributed by atoms with Gasteiger partial charge in [0.15, 0.2) is 0 Å². The van der Waals surface area contributed by atoms with Crippen LogP contribution in [0.15, 0.2) is 36.4 Å². The Balaban J connectivity index is 1.94. The lowest BCUT2D eigenvalue weighted by Crippen LogP contribution is -2.08. The van der Waals surface area contributed by atoms with Gasteiger partial charge >= 0.3 is 0 Å². The molecule has 3 rings (SSSR count). The number of hydrogen-bond donors (Lipinski definition) is 1. The lowest BCUT2D eigenvalue weighted by Gasteiger charge is -2.17.